The van der Waals surface area contributed by atoms with Gasteiger partial charge in [-0.25, -0.2) is 4.79 Å². The molecule has 1 aromatic heterocycles. The van der Waals surface area contributed by atoms with E-state index in [-0.39, 0.29) is 0 Å². The van der Waals surface area contributed by atoms with Crippen molar-refractivity contribution >= 4 is 50.8 Å². The zero-order chi connectivity index (χ0) is 14.8. The minimum absolute atomic E-state index is 0.413. The van der Waals surface area contributed by atoms with E-state index >= 15 is 0 Å². The number of rotatable bonds is 4. The Hall–Kier alpha value is -1.49. The van der Waals surface area contributed by atoms with E-state index < -0.39 is 5.97 Å². The summed E-state index contributed by atoms with van der Waals surface area (Å²) in [5, 5.41) is 11.1. The Morgan fingerprint density at radius 2 is 1.86 bits per heavy atom. The van der Waals surface area contributed by atoms with E-state index in [1.54, 1.807) is 11.8 Å². The first-order valence-corrected chi connectivity index (χ1v) is 8.46. The highest BCUT2D eigenvalue weighted by Gasteiger charge is 2.17. The Morgan fingerprint density at radius 3 is 2.62 bits per heavy atom. The first-order chi connectivity index (χ1) is 10.2. The molecule has 0 saturated carbocycles. The van der Waals surface area contributed by atoms with Gasteiger partial charge in [-0.2, -0.15) is 0 Å². The van der Waals surface area contributed by atoms with Gasteiger partial charge in [0.05, 0.1) is 5.02 Å². The Labute approximate surface area is 135 Å². The zero-order valence-electron chi connectivity index (χ0n) is 10.9. The monoisotopic (exact) mass is 334 g/mol. The van der Waals surface area contributed by atoms with E-state index in [2.05, 4.69) is 0 Å². The minimum atomic E-state index is -0.869. The third-order valence-corrected chi connectivity index (χ3v) is 5.84. The van der Waals surface area contributed by atoms with Gasteiger partial charge in [0.25, 0.3) is 0 Å². The fourth-order valence-electron chi connectivity index (χ4n) is 2.13. The largest absolute Gasteiger partial charge is 0.477 e. The van der Waals surface area contributed by atoms with Crippen LogP contribution in [0.3, 0.4) is 0 Å². The van der Waals surface area contributed by atoms with E-state index in [0.29, 0.717) is 15.7 Å². The van der Waals surface area contributed by atoms with Crippen LogP contribution in [0.15, 0.2) is 53.4 Å². The normalized spacial score (nSPS) is 10.9. The Kier molecular flexibility index (Phi) is 4.19. The standard InChI is InChI=1S/C16H11ClO2S2/c17-12-6-2-4-8-14(12)20-9-11-10-5-1-3-7-13(10)21-15(11)16(18)19/h1-8H,9H2,(H,18,19). The van der Waals surface area contributed by atoms with Gasteiger partial charge in [-0.15, -0.1) is 23.1 Å². The number of carbonyl (C=O) groups is 1. The van der Waals surface area contributed by atoms with Crippen LogP contribution < -0.4 is 0 Å². The van der Waals surface area contributed by atoms with Gasteiger partial charge in [0, 0.05) is 15.3 Å². The number of carboxylic acid groups (broad SMARTS) is 1. The van der Waals surface area contributed by atoms with E-state index in [0.717, 1.165) is 20.5 Å². The predicted octanol–water partition coefficient (Wildman–Crippen LogP) is 5.55. The predicted molar refractivity (Wildman–Crippen MR) is 89.8 cm³/mol. The molecule has 0 aliphatic heterocycles. The summed E-state index contributed by atoms with van der Waals surface area (Å²) in [6.45, 7) is 0. The Morgan fingerprint density at radius 1 is 1.14 bits per heavy atom. The van der Waals surface area contributed by atoms with Crippen LogP contribution in [0.5, 0.6) is 0 Å². The molecule has 21 heavy (non-hydrogen) atoms. The van der Waals surface area contributed by atoms with Crippen molar-refractivity contribution in [1.29, 1.82) is 0 Å². The number of carboxylic acids is 1. The molecule has 0 aliphatic rings. The molecule has 0 amide bonds. The summed E-state index contributed by atoms with van der Waals surface area (Å²) in [7, 11) is 0. The van der Waals surface area contributed by atoms with Crippen molar-refractivity contribution in [2.45, 2.75) is 10.6 Å². The molecule has 2 nitrogen and oxygen atoms in total. The maximum Gasteiger partial charge on any atom is 0.346 e. The number of hydrogen-bond acceptors (Lipinski definition) is 3. The molecule has 0 aliphatic carbocycles. The van der Waals surface area contributed by atoms with Gasteiger partial charge in [0.2, 0.25) is 0 Å². The van der Waals surface area contributed by atoms with Crippen LogP contribution in [-0.4, -0.2) is 11.1 Å². The van der Waals surface area contributed by atoms with E-state index in [1.165, 1.54) is 11.3 Å². The highest BCUT2D eigenvalue weighted by Crippen LogP contribution is 2.37. The molecular formula is C16H11ClO2S2. The minimum Gasteiger partial charge on any atom is -0.477 e. The number of fused-ring (bicyclic) bond motifs is 1. The molecule has 1 N–H and O–H groups in total. The van der Waals surface area contributed by atoms with Crippen LogP contribution >= 0.6 is 34.7 Å². The van der Waals surface area contributed by atoms with Crippen molar-refractivity contribution in [3.8, 4) is 0 Å². The average Bonchev–Trinajstić information content (AvgIpc) is 2.85. The van der Waals surface area contributed by atoms with Crippen LogP contribution in [-0.2, 0) is 5.75 Å². The first-order valence-electron chi connectivity index (χ1n) is 6.28. The lowest BCUT2D eigenvalue weighted by atomic mass is 10.1. The maximum absolute atomic E-state index is 11.4. The lowest BCUT2D eigenvalue weighted by molar-refractivity contribution is 0.0701. The summed E-state index contributed by atoms with van der Waals surface area (Å²) in [5.41, 5.74) is 0.869. The Balaban J connectivity index is 1.98. The van der Waals surface area contributed by atoms with Crippen molar-refractivity contribution in [2.24, 2.45) is 0 Å². The fourth-order valence-corrected chi connectivity index (χ4v) is 4.56. The van der Waals surface area contributed by atoms with Crippen molar-refractivity contribution in [2.75, 3.05) is 0 Å². The highest BCUT2D eigenvalue weighted by atomic mass is 35.5. The fraction of sp³-hybridized carbons (Fsp3) is 0.0625. The first kappa shape index (κ1) is 14.4. The molecule has 0 spiro atoms. The van der Waals surface area contributed by atoms with Crippen LogP contribution in [0.25, 0.3) is 10.1 Å². The summed E-state index contributed by atoms with van der Waals surface area (Å²) in [4.78, 5) is 12.8. The second-order valence-corrected chi connectivity index (χ2v) is 6.91. The van der Waals surface area contributed by atoms with Gasteiger partial charge in [-0.1, -0.05) is 41.9 Å². The summed E-state index contributed by atoms with van der Waals surface area (Å²) < 4.78 is 1.00. The molecule has 3 rings (SSSR count). The second kappa shape index (κ2) is 6.10. The number of thiophene rings is 1. The molecular weight excluding hydrogens is 324 g/mol. The van der Waals surface area contributed by atoms with Crippen molar-refractivity contribution < 1.29 is 9.90 Å². The van der Waals surface area contributed by atoms with Gasteiger partial charge in [0.15, 0.2) is 0 Å². The van der Waals surface area contributed by atoms with Crippen LogP contribution in [0, 0.1) is 0 Å². The molecule has 2 aromatic carbocycles. The third kappa shape index (κ3) is 2.93. The summed E-state index contributed by atoms with van der Waals surface area (Å²) in [5.74, 6) is -0.277. The SMILES string of the molecule is O=C(O)c1sc2ccccc2c1CSc1ccccc1Cl. The number of hydrogen-bond donors (Lipinski definition) is 1. The Bertz CT molecular complexity index is 811. The molecule has 0 radical (unpaired) electrons. The average molecular weight is 335 g/mol. The molecule has 5 heteroatoms. The van der Waals surface area contributed by atoms with Crippen molar-refractivity contribution in [3.63, 3.8) is 0 Å². The zero-order valence-corrected chi connectivity index (χ0v) is 13.3. The highest BCUT2D eigenvalue weighted by molar-refractivity contribution is 7.98. The number of thioether (sulfide) groups is 1. The van der Waals surface area contributed by atoms with Crippen molar-refractivity contribution in [3.05, 3.63) is 64.0 Å². The number of benzene rings is 2. The molecule has 0 fully saturated rings. The summed E-state index contributed by atoms with van der Waals surface area (Å²) in [6.07, 6.45) is 0. The van der Waals surface area contributed by atoms with E-state index in [9.17, 15) is 9.90 Å². The molecule has 0 saturated heterocycles. The van der Waals surface area contributed by atoms with Gasteiger partial charge in [-0.3, -0.25) is 0 Å². The van der Waals surface area contributed by atoms with E-state index in [4.69, 9.17) is 11.6 Å². The van der Waals surface area contributed by atoms with Crippen LogP contribution in [0.1, 0.15) is 15.2 Å². The smallest absolute Gasteiger partial charge is 0.346 e. The lowest BCUT2D eigenvalue weighted by Crippen LogP contribution is -1.96. The summed E-state index contributed by atoms with van der Waals surface area (Å²) in [6, 6.07) is 15.4. The van der Waals surface area contributed by atoms with Gasteiger partial charge in [-0.05, 0) is 29.1 Å². The third-order valence-electron chi connectivity index (χ3n) is 3.10. The molecule has 1 heterocycles. The van der Waals surface area contributed by atoms with Gasteiger partial charge in [0.1, 0.15) is 4.88 Å². The molecule has 3 aromatic rings. The van der Waals surface area contributed by atoms with Crippen LogP contribution in [0.2, 0.25) is 5.02 Å². The van der Waals surface area contributed by atoms with Crippen molar-refractivity contribution in [1.82, 2.24) is 0 Å². The maximum atomic E-state index is 11.4. The topological polar surface area (TPSA) is 37.3 Å². The molecule has 106 valence electrons. The summed E-state index contributed by atoms with van der Waals surface area (Å²) >= 11 is 9.04. The van der Waals surface area contributed by atoms with Crippen LogP contribution in [0.4, 0.5) is 0 Å². The van der Waals surface area contributed by atoms with Gasteiger partial charge >= 0.3 is 5.97 Å². The quantitative estimate of drug-likeness (QED) is 0.636. The molecule has 0 bridgehead atoms. The number of halogens is 1. The molecule has 0 unspecified atom stereocenters. The lowest BCUT2D eigenvalue weighted by Gasteiger charge is -2.04. The second-order valence-electron chi connectivity index (χ2n) is 4.43. The van der Waals surface area contributed by atoms with E-state index in [1.807, 2.05) is 48.5 Å². The number of aromatic carboxylic acids is 1. The molecule has 0 atom stereocenters. The van der Waals surface area contributed by atoms with Gasteiger partial charge < -0.3 is 5.11 Å².